The fourth-order valence-electron chi connectivity index (χ4n) is 2.80. The summed E-state index contributed by atoms with van der Waals surface area (Å²) in [6.07, 6.45) is 1.23. The molecule has 0 aliphatic rings. The molecular weight excluding hydrogens is 356 g/mol. The maximum atomic E-state index is 12.2. The molecule has 3 rings (SSSR count). The summed E-state index contributed by atoms with van der Waals surface area (Å²) in [5.74, 6) is 0.822. The summed E-state index contributed by atoms with van der Waals surface area (Å²) in [4.78, 5) is 18.1. The van der Waals surface area contributed by atoms with Gasteiger partial charge in [0.05, 0.1) is 25.3 Å². The molecule has 5 heteroatoms. The summed E-state index contributed by atoms with van der Waals surface area (Å²) in [6.45, 7) is 5.09. The van der Waals surface area contributed by atoms with E-state index in [0.717, 1.165) is 28.4 Å². The van der Waals surface area contributed by atoms with Crippen LogP contribution < -0.4 is 10.1 Å². The summed E-state index contributed by atoms with van der Waals surface area (Å²) < 4.78 is 5.42. The second kappa shape index (κ2) is 9.33. The number of aryl methyl sites for hydroxylation is 1. The Kier molecular flexibility index (Phi) is 6.60. The zero-order valence-corrected chi connectivity index (χ0v) is 16.5. The van der Waals surface area contributed by atoms with Crippen LogP contribution in [-0.4, -0.2) is 17.5 Å². The van der Waals surface area contributed by atoms with Gasteiger partial charge in [-0.25, -0.2) is 4.98 Å². The van der Waals surface area contributed by atoms with Crippen molar-refractivity contribution < 1.29 is 9.53 Å². The van der Waals surface area contributed by atoms with Crippen molar-refractivity contribution >= 4 is 17.2 Å². The molecule has 0 radical (unpaired) electrons. The van der Waals surface area contributed by atoms with Crippen LogP contribution in [0, 0.1) is 6.92 Å². The molecule has 2 aromatic carbocycles. The van der Waals surface area contributed by atoms with Gasteiger partial charge in [-0.15, -0.1) is 11.3 Å². The first-order chi connectivity index (χ1) is 13.1. The van der Waals surface area contributed by atoms with Gasteiger partial charge in [0, 0.05) is 11.3 Å². The normalized spacial score (nSPS) is 10.6. The van der Waals surface area contributed by atoms with Crippen molar-refractivity contribution in [2.24, 2.45) is 0 Å². The zero-order chi connectivity index (χ0) is 19.1. The Hall–Kier alpha value is -2.66. The van der Waals surface area contributed by atoms with Crippen molar-refractivity contribution in [2.75, 3.05) is 6.61 Å². The van der Waals surface area contributed by atoms with Crippen molar-refractivity contribution in [2.45, 2.75) is 33.2 Å². The quantitative estimate of drug-likeness (QED) is 0.634. The minimum Gasteiger partial charge on any atom is -0.494 e. The summed E-state index contributed by atoms with van der Waals surface area (Å²) in [7, 11) is 0. The third-order valence-corrected chi connectivity index (χ3v) is 5.34. The van der Waals surface area contributed by atoms with Gasteiger partial charge in [-0.3, -0.25) is 4.79 Å². The maximum Gasteiger partial charge on any atom is 0.224 e. The lowest BCUT2D eigenvalue weighted by Crippen LogP contribution is -2.24. The number of hydrogen-bond donors (Lipinski definition) is 1. The van der Waals surface area contributed by atoms with E-state index in [9.17, 15) is 4.79 Å². The van der Waals surface area contributed by atoms with Gasteiger partial charge in [0.2, 0.25) is 5.91 Å². The fraction of sp³-hybridized carbons (Fsp3) is 0.273. The number of aromatic nitrogens is 1. The summed E-state index contributed by atoms with van der Waals surface area (Å²) in [6, 6.07) is 18.0. The van der Waals surface area contributed by atoms with Crippen LogP contribution >= 0.6 is 11.3 Å². The van der Waals surface area contributed by atoms with Crippen molar-refractivity contribution in [1.29, 1.82) is 0 Å². The molecule has 27 heavy (non-hydrogen) atoms. The second-order valence-corrected chi connectivity index (χ2v) is 7.48. The van der Waals surface area contributed by atoms with Gasteiger partial charge in [-0.05, 0) is 37.1 Å². The minimum absolute atomic E-state index is 0.00313. The lowest BCUT2D eigenvalue weighted by atomic mass is 10.1. The minimum atomic E-state index is -0.00313. The Bertz CT molecular complexity index is 873. The Labute approximate surface area is 164 Å². The predicted octanol–water partition coefficient (Wildman–Crippen LogP) is 4.30. The Balaban J connectivity index is 1.52. The molecule has 1 N–H and O–H groups in total. The van der Waals surface area contributed by atoms with Crippen molar-refractivity contribution in [1.82, 2.24) is 10.3 Å². The van der Waals surface area contributed by atoms with Gasteiger partial charge < -0.3 is 10.1 Å². The van der Waals surface area contributed by atoms with Crippen LogP contribution in [0.25, 0.3) is 0 Å². The van der Waals surface area contributed by atoms with Crippen LogP contribution in [0.4, 0.5) is 0 Å². The molecule has 0 aliphatic heterocycles. The molecule has 0 aliphatic carbocycles. The standard InChI is InChI=1S/C22H24N2O2S/c1-3-26-19-11-9-18(10-12-19)14-21(25)23-15-22-24-16(2)20(27-22)13-17-7-5-4-6-8-17/h4-12H,3,13-15H2,1-2H3,(H,23,25). The molecule has 4 nitrogen and oxygen atoms in total. The van der Waals surface area contributed by atoms with Crippen LogP contribution in [0.2, 0.25) is 0 Å². The van der Waals surface area contributed by atoms with Crippen LogP contribution in [-0.2, 0) is 24.2 Å². The topological polar surface area (TPSA) is 51.2 Å². The van der Waals surface area contributed by atoms with Gasteiger partial charge in [-0.1, -0.05) is 42.5 Å². The second-order valence-electron chi connectivity index (χ2n) is 6.31. The molecule has 0 atom stereocenters. The number of carbonyl (C=O) groups excluding carboxylic acids is 1. The monoisotopic (exact) mass is 380 g/mol. The Morgan fingerprint density at radius 2 is 1.81 bits per heavy atom. The van der Waals surface area contributed by atoms with Gasteiger partial charge in [0.25, 0.3) is 0 Å². The summed E-state index contributed by atoms with van der Waals surface area (Å²) in [5, 5.41) is 3.91. The number of nitrogens with one attached hydrogen (secondary N) is 1. The molecule has 0 unspecified atom stereocenters. The summed E-state index contributed by atoms with van der Waals surface area (Å²) >= 11 is 1.67. The van der Waals surface area contributed by atoms with E-state index < -0.39 is 0 Å². The van der Waals surface area contributed by atoms with E-state index in [2.05, 4.69) is 22.4 Å². The zero-order valence-electron chi connectivity index (χ0n) is 15.7. The largest absolute Gasteiger partial charge is 0.494 e. The number of amides is 1. The highest BCUT2D eigenvalue weighted by atomic mass is 32.1. The molecule has 0 saturated carbocycles. The fourth-order valence-corrected chi connectivity index (χ4v) is 3.84. The predicted molar refractivity (Wildman–Crippen MR) is 109 cm³/mol. The lowest BCUT2D eigenvalue weighted by Gasteiger charge is -2.05. The van der Waals surface area contributed by atoms with Crippen molar-refractivity contribution in [3.63, 3.8) is 0 Å². The smallest absolute Gasteiger partial charge is 0.224 e. The van der Waals surface area contributed by atoms with Gasteiger partial charge in [0.1, 0.15) is 10.8 Å². The molecular formula is C22H24N2O2S. The van der Waals surface area contributed by atoms with Crippen molar-refractivity contribution in [3.8, 4) is 5.75 Å². The highest BCUT2D eigenvalue weighted by Crippen LogP contribution is 2.21. The van der Waals surface area contributed by atoms with E-state index in [1.165, 1.54) is 10.4 Å². The molecule has 1 amide bonds. The molecule has 0 saturated heterocycles. The SMILES string of the molecule is CCOc1ccc(CC(=O)NCc2nc(C)c(Cc3ccccc3)s2)cc1. The van der Waals surface area contributed by atoms with E-state index in [0.29, 0.717) is 19.6 Å². The van der Waals surface area contributed by atoms with E-state index in [1.54, 1.807) is 11.3 Å². The maximum absolute atomic E-state index is 12.2. The van der Waals surface area contributed by atoms with E-state index >= 15 is 0 Å². The van der Waals surface area contributed by atoms with E-state index in [4.69, 9.17) is 4.74 Å². The van der Waals surface area contributed by atoms with Crippen LogP contribution in [0.15, 0.2) is 54.6 Å². The summed E-state index contributed by atoms with van der Waals surface area (Å²) in [5.41, 5.74) is 3.28. The number of carbonyl (C=O) groups is 1. The van der Waals surface area contributed by atoms with Gasteiger partial charge in [-0.2, -0.15) is 0 Å². The molecule has 0 spiro atoms. The molecule has 0 bridgehead atoms. The average molecular weight is 381 g/mol. The van der Waals surface area contributed by atoms with Crippen LogP contribution in [0.1, 0.15) is 33.6 Å². The third kappa shape index (κ3) is 5.66. The van der Waals surface area contributed by atoms with Crippen LogP contribution in [0.3, 0.4) is 0 Å². The number of benzene rings is 2. The van der Waals surface area contributed by atoms with E-state index in [-0.39, 0.29) is 5.91 Å². The highest BCUT2D eigenvalue weighted by molar-refractivity contribution is 7.11. The first-order valence-corrected chi connectivity index (χ1v) is 9.93. The number of thiazole rings is 1. The molecule has 1 heterocycles. The molecule has 140 valence electrons. The lowest BCUT2D eigenvalue weighted by molar-refractivity contribution is -0.120. The number of ether oxygens (including phenoxy) is 1. The molecule has 3 aromatic rings. The van der Waals surface area contributed by atoms with Gasteiger partial charge in [0.15, 0.2) is 0 Å². The van der Waals surface area contributed by atoms with Crippen LogP contribution in [0.5, 0.6) is 5.75 Å². The number of nitrogens with zero attached hydrogens (tertiary/aromatic N) is 1. The third-order valence-electron chi connectivity index (χ3n) is 4.18. The van der Waals surface area contributed by atoms with Crippen molar-refractivity contribution in [3.05, 3.63) is 81.3 Å². The van der Waals surface area contributed by atoms with E-state index in [1.807, 2.05) is 56.3 Å². The highest BCUT2D eigenvalue weighted by Gasteiger charge is 2.10. The Morgan fingerprint density at radius 1 is 1.07 bits per heavy atom. The molecule has 1 aromatic heterocycles. The Morgan fingerprint density at radius 3 is 2.52 bits per heavy atom. The molecule has 0 fully saturated rings. The number of hydrogen-bond acceptors (Lipinski definition) is 4. The first kappa shape index (κ1) is 19.1. The first-order valence-electron chi connectivity index (χ1n) is 9.11. The van der Waals surface area contributed by atoms with Gasteiger partial charge >= 0.3 is 0 Å². The average Bonchev–Trinajstić information content (AvgIpc) is 3.02. The number of rotatable bonds is 8.